The van der Waals surface area contributed by atoms with Gasteiger partial charge in [0.05, 0.1) is 5.25 Å². The molecule has 0 aromatic rings. The van der Waals surface area contributed by atoms with E-state index in [0.717, 1.165) is 64.4 Å². The van der Waals surface area contributed by atoms with E-state index in [1.54, 1.807) is 0 Å². The fourth-order valence-corrected chi connectivity index (χ4v) is 3.88. The van der Waals surface area contributed by atoms with E-state index in [0.29, 0.717) is 0 Å². The molecule has 0 unspecified atom stereocenters. The number of hydrogen-bond acceptors (Lipinski definition) is 4. The number of ether oxygens (including phenoxy) is 1. The van der Waals surface area contributed by atoms with Crippen molar-refractivity contribution in [2.24, 2.45) is 5.92 Å². The van der Waals surface area contributed by atoms with Gasteiger partial charge in [-0.1, -0.05) is 0 Å². The van der Waals surface area contributed by atoms with Gasteiger partial charge in [-0.05, 0) is 44.7 Å². The number of piperidine rings is 1. The van der Waals surface area contributed by atoms with Crippen LogP contribution in [0.1, 0.15) is 25.7 Å². The summed E-state index contributed by atoms with van der Waals surface area (Å²) in [5.74, 6) is 0.749. The number of nitrogens with zero attached hydrogens (tertiary/aromatic N) is 1. The predicted molar refractivity (Wildman–Crippen MR) is 67.8 cm³/mol. The van der Waals surface area contributed by atoms with Crippen molar-refractivity contribution in [3.63, 3.8) is 0 Å². The van der Waals surface area contributed by atoms with E-state index in [4.69, 9.17) is 4.74 Å². The molecule has 0 bridgehead atoms. The van der Waals surface area contributed by atoms with Crippen molar-refractivity contribution in [2.75, 3.05) is 39.1 Å². The maximum absolute atomic E-state index is 11.4. The molecule has 0 aliphatic carbocycles. The normalized spacial score (nSPS) is 26.2. The first-order chi connectivity index (χ1) is 8.05. The minimum absolute atomic E-state index is 0.103. The van der Waals surface area contributed by atoms with Crippen LogP contribution in [-0.4, -0.2) is 57.7 Å². The topological polar surface area (TPSA) is 46.6 Å². The lowest BCUT2D eigenvalue weighted by atomic mass is 9.98. The molecule has 4 nitrogen and oxygen atoms in total. The van der Waals surface area contributed by atoms with Crippen LogP contribution in [0.25, 0.3) is 0 Å². The lowest BCUT2D eigenvalue weighted by Gasteiger charge is -2.34. The van der Waals surface area contributed by atoms with E-state index in [1.165, 1.54) is 6.26 Å². The Hall–Kier alpha value is -0.130. The van der Waals surface area contributed by atoms with Crippen LogP contribution in [0.3, 0.4) is 0 Å². The Kier molecular flexibility index (Phi) is 4.44. The van der Waals surface area contributed by atoms with Gasteiger partial charge in [0.2, 0.25) is 0 Å². The predicted octanol–water partition coefficient (Wildman–Crippen LogP) is 0.922. The second-order valence-corrected chi connectivity index (χ2v) is 7.71. The highest BCUT2D eigenvalue weighted by Crippen LogP contribution is 2.21. The van der Waals surface area contributed by atoms with Crippen LogP contribution in [0, 0.1) is 5.92 Å². The van der Waals surface area contributed by atoms with E-state index in [9.17, 15) is 8.42 Å². The molecule has 2 aliphatic heterocycles. The number of likely N-dealkylation sites (tertiary alicyclic amines) is 1. The summed E-state index contributed by atoms with van der Waals surface area (Å²) in [6.07, 6.45) is 5.30. The fourth-order valence-electron chi connectivity index (χ4n) is 2.81. The smallest absolute Gasteiger partial charge is 0.150 e. The zero-order valence-electron chi connectivity index (χ0n) is 10.6. The third-order valence-corrected chi connectivity index (χ3v) is 5.68. The number of hydrogen-bond donors (Lipinski definition) is 0. The summed E-state index contributed by atoms with van der Waals surface area (Å²) >= 11 is 0. The molecule has 0 aromatic heterocycles. The Morgan fingerprint density at radius 3 is 2.24 bits per heavy atom. The minimum Gasteiger partial charge on any atom is -0.381 e. The summed E-state index contributed by atoms with van der Waals surface area (Å²) < 4.78 is 28.2. The maximum Gasteiger partial charge on any atom is 0.150 e. The summed E-state index contributed by atoms with van der Waals surface area (Å²) in [6, 6.07) is 0. The monoisotopic (exact) mass is 261 g/mol. The lowest BCUT2D eigenvalue weighted by molar-refractivity contribution is 0.0499. The molecule has 2 heterocycles. The molecule has 0 saturated carbocycles. The van der Waals surface area contributed by atoms with E-state index in [-0.39, 0.29) is 5.25 Å². The van der Waals surface area contributed by atoms with Gasteiger partial charge in [-0.25, -0.2) is 8.42 Å². The highest BCUT2D eigenvalue weighted by Gasteiger charge is 2.27. The summed E-state index contributed by atoms with van der Waals surface area (Å²) in [7, 11) is -2.83. The average molecular weight is 261 g/mol. The van der Waals surface area contributed by atoms with Gasteiger partial charge < -0.3 is 9.64 Å². The average Bonchev–Trinajstić information content (AvgIpc) is 2.30. The molecule has 2 aliphatic rings. The summed E-state index contributed by atoms with van der Waals surface area (Å²) in [6.45, 7) is 4.79. The Morgan fingerprint density at radius 2 is 1.71 bits per heavy atom. The van der Waals surface area contributed by atoms with Crippen LogP contribution < -0.4 is 0 Å². The maximum atomic E-state index is 11.4. The van der Waals surface area contributed by atoms with Crippen molar-refractivity contribution >= 4 is 9.84 Å². The molecule has 2 rings (SSSR count). The third kappa shape index (κ3) is 3.93. The van der Waals surface area contributed by atoms with E-state index in [1.807, 2.05) is 0 Å². The summed E-state index contributed by atoms with van der Waals surface area (Å²) in [5, 5.41) is -0.103. The molecule has 5 heteroatoms. The van der Waals surface area contributed by atoms with Gasteiger partial charge in [0.25, 0.3) is 0 Å². The van der Waals surface area contributed by atoms with Gasteiger partial charge in [0.15, 0.2) is 0 Å². The Balaban J connectivity index is 1.75. The summed E-state index contributed by atoms with van der Waals surface area (Å²) in [4.78, 5) is 2.43. The van der Waals surface area contributed by atoms with E-state index < -0.39 is 9.84 Å². The van der Waals surface area contributed by atoms with Crippen molar-refractivity contribution < 1.29 is 13.2 Å². The second-order valence-electron chi connectivity index (χ2n) is 5.39. The van der Waals surface area contributed by atoms with Crippen LogP contribution in [0.15, 0.2) is 0 Å². The van der Waals surface area contributed by atoms with E-state index in [2.05, 4.69) is 4.90 Å². The van der Waals surface area contributed by atoms with Crippen LogP contribution in [0.5, 0.6) is 0 Å². The minimum atomic E-state index is -2.83. The molecule has 2 fully saturated rings. The largest absolute Gasteiger partial charge is 0.381 e. The zero-order valence-corrected chi connectivity index (χ0v) is 11.4. The van der Waals surface area contributed by atoms with Gasteiger partial charge in [0.1, 0.15) is 9.84 Å². The highest BCUT2D eigenvalue weighted by atomic mass is 32.2. The molecule has 0 radical (unpaired) electrons. The molecular weight excluding hydrogens is 238 g/mol. The third-order valence-electron chi connectivity index (χ3n) is 4.00. The highest BCUT2D eigenvalue weighted by molar-refractivity contribution is 7.91. The Bertz CT molecular complexity index is 328. The van der Waals surface area contributed by atoms with Crippen LogP contribution in [0.2, 0.25) is 0 Å². The van der Waals surface area contributed by atoms with E-state index >= 15 is 0 Å². The molecule has 17 heavy (non-hydrogen) atoms. The molecular formula is C12H23NO3S. The van der Waals surface area contributed by atoms with Crippen molar-refractivity contribution in [1.82, 2.24) is 4.90 Å². The first kappa shape index (κ1) is 13.3. The van der Waals surface area contributed by atoms with Gasteiger partial charge in [0, 0.05) is 26.0 Å². The molecule has 0 N–H and O–H groups in total. The summed E-state index contributed by atoms with van der Waals surface area (Å²) in [5.41, 5.74) is 0. The van der Waals surface area contributed by atoms with Gasteiger partial charge in [-0.15, -0.1) is 0 Å². The van der Waals surface area contributed by atoms with Crippen molar-refractivity contribution in [3.05, 3.63) is 0 Å². The zero-order chi connectivity index (χ0) is 12.3. The Labute approximate surface area is 104 Å². The quantitative estimate of drug-likeness (QED) is 0.758. The van der Waals surface area contributed by atoms with Gasteiger partial charge in [-0.3, -0.25) is 0 Å². The second kappa shape index (κ2) is 5.67. The van der Waals surface area contributed by atoms with Crippen LogP contribution >= 0.6 is 0 Å². The first-order valence-electron chi connectivity index (χ1n) is 6.54. The van der Waals surface area contributed by atoms with Crippen molar-refractivity contribution in [2.45, 2.75) is 30.9 Å². The number of sulfone groups is 1. The van der Waals surface area contributed by atoms with Crippen LogP contribution in [0.4, 0.5) is 0 Å². The molecule has 100 valence electrons. The molecule has 2 saturated heterocycles. The molecule has 0 aromatic carbocycles. The molecule has 0 spiro atoms. The SMILES string of the molecule is CS(=O)(=O)C1CCN(CC2CCOCC2)CC1. The molecule has 0 atom stereocenters. The van der Waals surface area contributed by atoms with Crippen molar-refractivity contribution in [3.8, 4) is 0 Å². The van der Waals surface area contributed by atoms with Crippen LogP contribution in [-0.2, 0) is 14.6 Å². The van der Waals surface area contributed by atoms with Gasteiger partial charge in [-0.2, -0.15) is 0 Å². The molecule has 0 amide bonds. The van der Waals surface area contributed by atoms with Gasteiger partial charge >= 0.3 is 0 Å². The number of rotatable bonds is 3. The lowest BCUT2D eigenvalue weighted by Crippen LogP contribution is -2.41. The Morgan fingerprint density at radius 1 is 1.12 bits per heavy atom. The fraction of sp³-hybridized carbons (Fsp3) is 1.00. The first-order valence-corrected chi connectivity index (χ1v) is 8.50. The standard InChI is InChI=1S/C12H23NO3S/c1-17(14,15)12-2-6-13(7-3-12)10-11-4-8-16-9-5-11/h11-12H,2-10H2,1H3. The van der Waals surface area contributed by atoms with Crippen molar-refractivity contribution in [1.29, 1.82) is 0 Å².